The minimum Gasteiger partial charge on any atom is -0.493 e. The van der Waals surface area contributed by atoms with Crippen LogP contribution in [-0.2, 0) is 6.42 Å². The molecule has 0 aromatic heterocycles. The topological polar surface area (TPSA) is 33.7 Å². The molecule has 5 heteroatoms. The van der Waals surface area contributed by atoms with E-state index in [1.54, 1.807) is 19.2 Å². The van der Waals surface area contributed by atoms with Gasteiger partial charge in [-0.2, -0.15) is 0 Å². The lowest BCUT2D eigenvalue weighted by Crippen LogP contribution is -2.31. The van der Waals surface area contributed by atoms with Gasteiger partial charge in [0.15, 0.2) is 11.5 Å². The molecule has 0 radical (unpaired) electrons. The number of hydrogen-bond acceptors (Lipinski definition) is 4. The first-order valence-electron chi connectivity index (χ1n) is 9.71. The maximum absolute atomic E-state index is 13.7. The molecule has 4 nitrogen and oxygen atoms in total. The SMILES string of the molecule is CCN(CC)CCOc1cc2c(cc1OC)CCNC2c1cccc(F)c1. The molecule has 1 unspecified atom stereocenters. The van der Waals surface area contributed by atoms with Crippen molar-refractivity contribution in [3.63, 3.8) is 0 Å². The second-order valence-electron chi connectivity index (χ2n) is 6.77. The molecule has 0 saturated carbocycles. The Morgan fingerprint density at radius 2 is 1.96 bits per heavy atom. The Kier molecular flexibility index (Phi) is 6.69. The van der Waals surface area contributed by atoms with Gasteiger partial charge in [-0.25, -0.2) is 4.39 Å². The Balaban J connectivity index is 1.86. The fourth-order valence-electron chi connectivity index (χ4n) is 3.64. The second-order valence-corrected chi connectivity index (χ2v) is 6.77. The minimum absolute atomic E-state index is 0.0412. The Morgan fingerprint density at radius 3 is 2.67 bits per heavy atom. The summed E-state index contributed by atoms with van der Waals surface area (Å²) >= 11 is 0. The van der Waals surface area contributed by atoms with Crippen molar-refractivity contribution in [1.29, 1.82) is 0 Å². The number of hydrogen-bond donors (Lipinski definition) is 1. The summed E-state index contributed by atoms with van der Waals surface area (Å²) in [6, 6.07) is 10.9. The van der Waals surface area contributed by atoms with Crippen LogP contribution in [0.25, 0.3) is 0 Å². The van der Waals surface area contributed by atoms with Crippen LogP contribution in [0.1, 0.15) is 36.6 Å². The highest BCUT2D eigenvalue weighted by Crippen LogP contribution is 2.37. The summed E-state index contributed by atoms with van der Waals surface area (Å²) in [4.78, 5) is 2.32. The third kappa shape index (κ3) is 4.60. The Bertz CT molecular complexity index is 762. The fraction of sp³-hybridized carbons (Fsp3) is 0.455. The molecule has 1 N–H and O–H groups in total. The van der Waals surface area contributed by atoms with E-state index in [9.17, 15) is 4.39 Å². The van der Waals surface area contributed by atoms with Crippen LogP contribution in [0.3, 0.4) is 0 Å². The molecule has 1 heterocycles. The summed E-state index contributed by atoms with van der Waals surface area (Å²) in [5.41, 5.74) is 3.27. The van der Waals surface area contributed by atoms with Crippen molar-refractivity contribution in [3.05, 3.63) is 58.9 Å². The molecule has 0 spiro atoms. The lowest BCUT2D eigenvalue weighted by atomic mass is 9.89. The summed E-state index contributed by atoms with van der Waals surface area (Å²) in [5, 5.41) is 3.50. The third-order valence-electron chi connectivity index (χ3n) is 5.22. The van der Waals surface area contributed by atoms with Crippen molar-refractivity contribution >= 4 is 0 Å². The van der Waals surface area contributed by atoms with Gasteiger partial charge in [-0.15, -0.1) is 0 Å². The van der Waals surface area contributed by atoms with Crippen molar-refractivity contribution in [2.24, 2.45) is 0 Å². The van der Waals surface area contributed by atoms with Crippen LogP contribution in [-0.4, -0.2) is 44.8 Å². The van der Waals surface area contributed by atoms with Gasteiger partial charge in [0.2, 0.25) is 0 Å². The van der Waals surface area contributed by atoms with Crippen LogP contribution in [0.2, 0.25) is 0 Å². The highest BCUT2D eigenvalue weighted by atomic mass is 19.1. The zero-order valence-electron chi connectivity index (χ0n) is 16.4. The normalized spacial score (nSPS) is 16.3. The number of likely N-dealkylation sites (N-methyl/N-ethyl adjacent to an activating group) is 1. The zero-order chi connectivity index (χ0) is 19.2. The summed E-state index contributed by atoms with van der Waals surface area (Å²) in [5.74, 6) is 1.28. The number of methoxy groups -OCH3 is 1. The van der Waals surface area contributed by atoms with Gasteiger partial charge in [-0.05, 0) is 60.5 Å². The van der Waals surface area contributed by atoms with Crippen molar-refractivity contribution in [3.8, 4) is 11.5 Å². The molecule has 2 aromatic carbocycles. The average molecular weight is 372 g/mol. The highest BCUT2D eigenvalue weighted by Gasteiger charge is 2.24. The molecule has 2 aromatic rings. The van der Waals surface area contributed by atoms with Crippen LogP contribution < -0.4 is 14.8 Å². The Morgan fingerprint density at radius 1 is 1.15 bits per heavy atom. The number of benzene rings is 2. The lowest BCUT2D eigenvalue weighted by molar-refractivity contribution is 0.217. The van der Waals surface area contributed by atoms with Crippen molar-refractivity contribution in [1.82, 2.24) is 10.2 Å². The maximum Gasteiger partial charge on any atom is 0.161 e. The molecule has 1 aliphatic heterocycles. The molecule has 0 bridgehead atoms. The molecular weight excluding hydrogens is 343 g/mol. The van der Waals surface area contributed by atoms with Gasteiger partial charge in [0.05, 0.1) is 13.2 Å². The first-order chi connectivity index (χ1) is 13.2. The van der Waals surface area contributed by atoms with Crippen LogP contribution >= 0.6 is 0 Å². The van der Waals surface area contributed by atoms with Gasteiger partial charge in [0.25, 0.3) is 0 Å². The highest BCUT2D eigenvalue weighted by molar-refractivity contribution is 5.51. The van der Waals surface area contributed by atoms with Crippen molar-refractivity contribution in [2.75, 3.05) is 39.9 Å². The second kappa shape index (κ2) is 9.20. The van der Waals surface area contributed by atoms with Crippen molar-refractivity contribution in [2.45, 2.75) is 26.3 Å². The van der Waals surface area contributed by atoms with Crippen molar-refractivity contribution < 1.29 is 13.9 Å². The number of ether oxygens (including phenoxy) is 2. The monoisotopic (exact) mass is 372 g/mol. The van der Waals surface area contributed by atoms with Gasteiger partial charge in [-0.3, -0.25) is 0 Å². The van der Waals surface area contributed by atoms with Gasteiger partial charge in [-0.1, -0.05) is 26.0 Å². The van der Waals surface area contributed by atoms with Crippen LogP contribution in [0.15, 0.2) is 36.4 Å². The predicted octanol–water partition coefficient (Wildman–Crippen LogP) is 3.79. The molecule has 3 rings (SSSR count). The van der Waals surface area contributed by atoms with Gasteiger partial charge in [0.1, 0.15) is 12.4 Å². The lowest BCUT2D eigenvalue weighted by Gasteiger charge is -2.29. The first kappa shape index (κ1) is 19.6. The molecule has 0 fully saturated rings. The van der Waals surface area contributed by atoms with E-state index in [4.69, 9.17) is 9.47 Å². The third-order valence-corrected chi connectivity index (χ3v) is 5.22. The summed E-state index contributed by atoms with van der Waals surface area (Å²) < 4.78 is 25.4. The average Bonchev–Trinajstić information content (AvgIpc) is 2.70. The minimum atomic E-state index is -0.217. The maximum atomic E-state index is 13.7. The standard InChI is InChI=1S/C22H29FN2O2/c1-4-25(5-2)11-12-27-21-15-19-16(14-20(21)26-3)9-10-24-22(19)17-7-6-8-18(23)13-17/h6-8,13-15,22,24H,4-5,9-12H2,1-3H3. The molecule has 1 atom stereocenters. The fourth-order valence-corrected chi connectivity index (χ4v) is 3.64. The molecule has 146 valence electrons. The molecule has 0 amide bonds. The van der Waals surface area contributed by atoms with E-state index >= 15 is 0 Å². The van der Waals surface area contributed by atoms with E-state index < -0.39 is 0 Å². The van der Waals surface area contributed by atoms with E-state index in [0.29, 0.717) is 6.61 Å². The van der Waals surface area contributed by atoms with E-state index in [1.165, 1.54) is 11.6 Å². The number of fused-ring (bicyclic) bond motifs is 1. The molecule has 0 saturated heterocycles. The predicted molar refractivity (Wildman–Crippen MR) is 106 cm³/mol. The molecular formula is C22H29FN2O2. The number of nitrogens with one attached hydrogen (secondary N) is 1. The molecule has 0 aliphatic carbocycles. The Labute approximate surface area is 161 Å². The zero-order valence-corrected chi connectivity index (χ0v) is 16.4. The van der Waals surface area contributed by atoms with Crippen LogP contribution in [0, 0.1) is 5.82 Å². The largest absolute Gasteiger partial charge is 0.493 e. The number of halogens is 1. The summed E-state index contributed by atoms with van der Waals surface area (Å²) in [6.45, 7) is 8.64. The van der Waals surface area contributed by atoms with E-state index in [-0.39, 0.29) is 11.9 Å². The molecule has 1 aliphatic rings. The smallest absolute Gasteiger partial charge is 0.161 e. The van der Waals surface area contributed by atoms with Crippen LogP contribution in [0.4, 0.5) is 4.39 Å². The van der Waals surface area contributed by atoms with E-state index in [2.05, 4.69) is 36.2 Å². The summed E-state index contributed by atoms with van der Waals surface area (Å²) in [6.07, 6.45) is 0.914. The van der Waals surface area contributed by atoms with Gasteiger partial charge in [0, 0.05) is 13.1 Å². The quantitative estimate of drug-likeness (QED) is 0.764. The van der Waals surface area contributed by atoms with Gasteiger partial charge < -0.3 is 19.7 Å². The van der Waals surface area contributed by atoms with E-state index in [1.807, 2.05) is 6.07 Å². The number of nitrogens with zero attached hydrogens (tertiary/aromatic N) is 1. The van der Waals surface area contributed by atoms with E-state index in [0.717, 1.165) is 55.2 Å². The number of rotatable bonds is 8. The Hall–Kier alpha value is -2.11. The van der Waals surface area contributed by atoms with Gasteiger partial charge >= 0.3 is 0 Å². The first-order valence-corrected chi connectivity index (χ1v) is 9.71. The summed E-state index contributed by atoms with van der Waals surface area (Å²) in [7, 11) is 1.67. The molecule has 27 heavy (non-hydrogen) atoms. The van der Waals surface area contributed by atoms with Crippen LogP contribution in [0.5, 0.6) is 11.5 Å².